The van der Waals surface area contributed by atoms with Crippen LogP contribution >= 0.6 is 0 Å². The summed E-state index contributed by atoms with van der Waals surface area (Å²) in [7, 11) is 0. The first-order valence-electron chi connectivity index (χ1n) is 9.03. The molecule has 7 nitrogen and oxygen atoms in total. The highest BCUT2D eigenvalue weighted by molar-refractivity contribution is 5.97. The van der Waals surface area contributed by atoms with Gasteiger partial charge in [-0.1, -0.05) is 0 Å². The predicted octanol–water partition coefficient (Wildman–Crippen LogP) is 3.98. The van der Waals surface area contributed by atoms with Crippen molar-refractivity contribution < 1.29 is 31.9 Å². The van der Waals surface area contributed by atoms with E-state index in [0.29, 0.717) is 16.9 Å². The van der Waals surface area contributed by atoms with E-state index in [-0.39, 0.29) is 11.6 Å². The molecule has 0 radical (unpaired) electrons. The van der Waals surface area contributed by atoms with Crippen molar-refractivity contribution in [1.29, 1.82) is 0 Å². The molecule has 0 spiro atoms. The van der Waals surface area contributed by atoms with Crippen molar-refractivity contribution in [1.82, 2.24) is 15.0 Å². The lowest BCUT2D eigenvalue weighted by atomic mass is 10.2. The minimum Gasteiger partial charge on any atom is -0.452 e. The van der Waals surface area contributed by atoms with E-state index in [9.17, 15) is 27.2 Å². The van der Waals surface area contributed by atoms with Gasteiger partial charge in [0.1, 0.15) is 11.5 Å². The molecule has 0 unspecified atom stereocenters. The summed E-state index contributed by atoms with van der Waals surface area (Å²) >= 11 is 0. The molecule has 0 saturated heterocycles. The number of hydrogen-bond donors (Lipinski definition) is 2. The first kappa shape index (κ1) is 21.0. The molecular weight excluding hydrogens is 432 g/mol. The first-order valence-corrected chi connectivity index (χ1v) is 9.03. The van der Waals surface area contributed by atoms with Gasteiger partial charge in [0.15, 0.2) is 29.9 Å². The summed E-state index contributed by atoms with van der Waals surface area (Å²) in [4.78, 5) is 35.5. The van der Waals surface area contributed by atoms with Crippen molar-refractivity contribution in [2.75, 3.05) is 11.9 Å². The van der Waals surface area contributed by atoms with Crippen LogP contribution in [0.15, 0.2) is 48.8 Å². The number of aromatic amines is 1. The number of aromatic nitrogens is 3. The van der Waals surface area contributed by atoms with Crippen molar-refractivity contribution in [2.45, 2.75) is 0 Å². The van der Waals surface area contributed by atoms with Crippen molar-refractivity contribution >= 4 is 28.6 Å². The smallest absolute Gasteiger partial charge is 0.338 e. The van der Waals surface area contributed by atoms with Gasteiger partial charge in [-0.25, -0.2) is 27.3 Å². The Hall–Kier alpha value is -4.28. The summed E-state index contributed by atoms with van der Waals surface area (Å²) in [5.41, 5.74) is 0.573. The predicted molar refractivity (Wildman–Crippen MR) is 105 cm³/mol. The van der Waals surface area contributed by atoms with Gasteiger partial charge >= 0.3 is 5.97 Å². The molecule has 4 aromatic rings. The van der Waals surface area contributed by atoms with Gasteiger partial charge < -0.3 is 15.0 Å². The van der Waals surface area contributed by atoms with E-state index in [1.165, 1.54) is 12.1 Å². The number of benzene rings is 2. The number of pyridine rings is 1. The Morgan fingerprint density at radius 3 is 2.47 bits per heavy atom. The van der Waals surface area contributed by atoms with Crippen LogP contribution in [0.3, 0.4) is 0 Å². The van der Waals surface area contributed by atoms with Crippen LogP contribution < -0.4 is 5.32 Å². The number of imidazole rings is 1. The van der Waals surface area contributed by atoms with Crippen molar-refractivity contribution in [3.63, 3.8) is 0 Å². The van der Waals surface area contributed by atoms with Gasteiger partial charge in [0.05, 0.1) is 16.6 Å². The fourth-order valence-electron chi connectivity index (χ4n) is 2.85. The Morgan fingerprint density at radius 2 is 1.78 bits per heavy atom. The Bertz CT molecular complexity index is 1320. The molecule has 0 aliphatic carbocycles. The van der Waals surface area contributed by atoms with Gasteiger partial charge in [-0.15, -0.1) is 0 Å². The molecular formula is C21H12F4N4O3. The molecule has 2 aromatic carbocycles. The maximum atomic E-state index is 13.6. The number of H-pyrrole nitrogens is 1. The summed E-state index contributed by atoms with van der Waals surface area (Å²) < 4.78 is 58.5. The number of esters is 1. The van der Waals surface area contributed by atoms with Crippen LogP contribution in [-0.2, 0) is 9.53 Å². The third kappa shape index (κ3) is 4.13. The number of hydrogen-bond acceptors (Lipinski definition) is 5. The molecule has 11 heteroatoms. The van der Waals surface area contributed by atoms with Crippen LogP contribution in [0.2, 0.25) is 0 Å². The average Bonchev–Trinajstić information content (AvgIpc) is 3.23. The second kappa shape index (κ2) is 8.46. The fraction of sp³-hybridized carbons (Fsp3) is 0.0476. The molecule has 162 valence electrons. The number of amides is 1. The van der Waals surface area contributed by atoms with Crippen LogP contribution in [0, 0.1) is 23.3 Å². The Morgan fingerprint density at radius 1 is 1.03 bits per heavy atom. The standard InChI is InChI=1S/C21H12F4N4O3/c22-12-7-13(23)18(25)19(17(12)24)29-16(30)9-32-21(31)10-3-4-14-15(6-10)28-20(27-14)11-2-1-5-26-8-11/h1-8H,9H2,(H,27,28)(H,29,30). The Labute approximate surface area is 177 Å². The van der Waals surface area contributed by atoms with Crippen LogP contribution in [0.25, 0.3) is 22.4 Å². The van der Waals surface area contributed by atoms with E-state index in [1.807, 2.05) is 0 Å². The number of halogens is 4. The molecule has 0 fully saturated rings. The normalized spacial score (nSPS) is 10.9. The van der Waals surface area contributed by atoms with Crippen LogP contribution in [0.1, 0.15) is 10.4 Å². The lowest BCUT2D eigenvalue weighted by molar-refractivity contribution is -0.119. The van der Waals surface area contributed by atoms with E-state index in [2.05, 4.69) is 15.0 Å². The van der Waals surface area contributed by atoms with Gasteiger partial charge in [0, 0.05) is 24.0 Å². The third-order valence-corrected chi connectivity index (χ3v) is 4.36. The zero-order valence-electron chi connectivity index (χ0n) is 16.0. The number of nitrogens with zero attached hydrogens (tertiary/aromatic N) is 2. The molecule has 2 aromatic heterocycles. The van der Waals surface area contributed by atoms with Gasteiger partial charge in [-0.3, -0.25) is 9.78 Å². The number of rotatable bonds is 5. The zero-order valence-corrected chi connectivity index (χ0v) is 16.0. The number of carbonyl (C=O) groups excluding carboxylic acids is 2. The van der Waals surface area contributed by atoms with Crippen LogP contribution in [-0.4, -0.2) is 33.4 Å². The van der Waals surface area contributed by atoms with Gasteiger partial charge in [0.25, 0.3) is 5.91 Å². The molecule has 0 bridgehead atoms. The van der Waals surface area contributed by atoms with Crippen molar-refractivity contribution in [2.24, 2.45) is 0 Å². The molecule has 0 atom stereocenters. The molecule has 32 heavy (non-hydrogen) atoms. The lowest BCUT2D eigenvalue weighted by Gasteiger charge is -2.09. The maximum Gasteiger partial charge on any atom is 0.338 e. The molecule has 4 rings (SSSR count). The highest BCUT2D eigenvalue weighted by Gasteiger charge is 2.21. The fourth-order valence-corrected chi connectivity index (χ4v) is 2.85. The first-order chi connectivity index (χ1) is 15.3. The SMILES string of the molecule is O=C(COC(=O)c1ccc2nc(-c3cccnc3)[nH]c2c1)Nc1c(F)c(F)cc(F)c1F. The van der Waals surface area contributed by atoms with Gasteiger partial charge in [-0.2, -0.15) is 0 Å². The van der Waals surface area contributed by atoms with E-state index < -0.39 is 47.4 Å². The number of anilines is 1. The number of fused-ring (bicyclic) bond motifs is 1. The second-order valence-electron chi connectivity index (χ2n) is 6.53. The average molecular weight is 444 g/mol. The summed E-state index contributed by atoms with van der Waals surface area (Å²) in [6.45, 7) is -0.947. The number of nitrogens with one attached hydrogen (secondary N) is 2. The Balaban J connectivity index is 1.45. The van der Waals surface area contributed by atoms with Gasteiger partial charge in [0.2, 0.25) is 0 Å². The van der Waals surface area contributed by atoms with Crippen LogP contribution in [0.4, 0.5) is 23.2 Å². The zero-order chi connectivity index (χ0) is 22.8. The summed E-state index contributed by atoms with van der Waals surface area (Å²) in [5, 5.41) is 1.65. The summed E-state index contributed by atoms with van der Waals surface area (Å²) in [6.07, 6.45) is 3.23. The monoisotopic (exact) mass is 444 g/mol. The lowest BCUT2D eigenvalue weighted by Crippen LogP contribution is -2.22. The molecule has 0 aliphatic heterocycles. The maximum absolute atomic E-state index is 13.6. The minimum absolute atomic E-state index is 0.00562. The highest BCUT2D eigenvalue weighted by Crippen LogP contribution is 2.24. The molecule has 0 aliphatic rings. The molecule has 2 heterocycles. The molecule has 1 amide bonds. The summed E-state index contributed by atoms with van der Waals surface area (Å²) in [5.74, 6) is -8.50. The third-order valence-electron chi connectivity index (χ3n) is 4.36. The number of ether oxygens (including phenoxy) is 1. The topological polar surface area (TPSA) is 97.0 Å². The van der Waals surface area contributed by atoms with E-state index in [4.69, 9.17) is 4.74 Å². The number of carbonyl (C=O) groups is 2. The van der Waals surface area contributed by atoms with Crippen LogP contribution in [0.5, 0.6) is 0 Å². The molecule has 0 saturated carbocycles. The van der Waals surface area contributed by atoms with Crippen molar-refractivity contribution in [3.8, 4) is 11.4 Å². The summed E-state index contributed by atoms with van der Waals surface area (Å²) in [6, 6.07) is 7.97. The van der Waals surface area contributed by atoms with Crippen molar-refractivity contribution in [3.05, 3.63) is 77.6 Å². The van der Waals surface area contributed by atoms with Gasteiger partial charge in [-0.05, 0) is 30.3 Å². The Kier molecular flexibility index (Phi) is 5.54. The van der Waals surface area contributed by atoms with E-state index in [1.54, 1.807) is 35.9 Å². The molecule has 2 N–H and O–H groups in total. The highest BCUT2D eigenvalue weighted by atomic mass is 19.2. The van der Waals surface area contributed by atoms with E-state index >= 15 is 0 Å². The quantitative estimate of drug-likeness (QED) is 0.276. The largest absolute Gasteiger partial charge is 0.452 e. The second-order valence-corrected chi connectivity index (χ2v) is 6.53. The minimum atomic E-state index is -1.78. The van der Waals surface area contributed by atoms with E-state index in [0.717, 1.165) is 5.56 Å².